The van der Waals surface area contributed by atoms with Crippen LogP contribution in [-0.4, -0.2) is 33.2 Å². The first-order valence-corrected chi connectivity index (χ1v) is 9.40. The van der Waals surface area contributed by atoms with Gasteiger partial charge in [0.2, 0.25) is 15.9 Å². The van der Waals surface area contributed by atoms with Crippen molar-refractivity contribution in [1.29, 1.82) is 0 Å². The largest absolute Gasteiger partial charge is 0.493 e. The fourth-order valence-electron chi connectivity index (χ4n) is 2.57. The topological polar surface area (TPSA) is 77.5 Å². The van der Waals surface area contributed by atoms with E-state index in [1.165, 1.54) is 17.8 Å². The number of benzene rings is 1. The van der Waals surface area contributed by atoms with Crippen LogP contribution in [0.1, 0.15) is 18.1 Å². The SMILES string of the molecule is CCOc1ccc(S(=O)(=O)NCCc2ccc3c(c2)CCO3)cn1. The van der Waals surface area contributed by atoms with Crippen LogP contribution in [0.5, 0.6) is 11.6 Å². The van der Waals surface area contributed by atoms with E-state index in [-0.39, 0.29) is 4.90 Å². The molecule has 1 aliphatic rings. The quantitative estimate of drug-likeness (QED) is 0.827. The van der Waals surface area contributed by atoms with E-state index in [4.69, 9.17) is 9.47 Å². The summed E-state index contributed by atoms with van der Waals surface area (Å²) in [4.78, 5) is 4.12. The number of hydrogen-bond acceptors (Lipinski definition) is 5. The number of hydrogen-bond donors (Lipinski definition) is 1. The number of aromatic nitrogens is 1. The third-order valence-corrected chi connectivity index (χ3v) is 5.22. The molecule has 1 aliphatic heterocycles. The number of nitrogens with one attached hydrogen (secondary N) is 1. The number of fused-ring (bicyclic) bond motifs is 1. The third kappa shape index (κ3) is 3.85. The van der Waals surface area contributed by atoms with Crippen molar-refractivity contribution in [3.05, 3.63) is 47.7 Å². The smallest absolute Gasteiger partial charge is 0.242 e. The van der Waals surface area contributed by atoms with Crippen molar-refractivity contribution in [2.24, 2.45) is 0 Å². The molecular formula is C17H20N2O4S. The van der Waals surface area contributed by atoms with E-state index in [1.54, 1.807) is 6.07 Å². The Labute approximate surface area is 141 Å². The van der Waals surface area contributed by atoms with E-state index < -0.39 is 10.0 Å². The van der Waals surface area contributed by atoms with E-state index >= 15 is 0 Å². The summed E-state index contributed by atoms with van der Waals surface area (Å²) in [7, 11) is -3.57. The minimum Gasteiger partial charge on any atom is -0.493 e. The summed E-state index contributed by atoms with van der Waals surface area (Å²) in [6, 6.07) is 9.04. The Morgan fingerprint density at radius 3 is 2.92 bits per heavy atom. The van der Waals surface area contributed by atoms with Crippen molar-refractivity contribution < 1.29 is 17.9 Å². The van der Waals surface area contributed by atoms with Crippen LogP contribution in [0.15, 0.2) is 41.4 Å². The van der Waals surface area contributed by atoms with Gasteiger partial charge in [-0.25, -0.2) is 18.1 Å². The molecule has 1 aromatic carbocycles. The second-order valence-corrected chi connectivity index (χ2v) is 7.22. The van der Waals surface area contributed by atoms with Crippen LogP contribution in [0.2, 0.25) is 0 Å². The van der Waals surface area contributed by atoms with E-state index in [0.717, 1.165) is 24.3 Å². The maximum atomic E-state index is 12.3. The van der Waals surface area contributed by atoms with Crippen molar-refractivity contribution in [1.82, 2.24) is 9.71 Å². The molecule has 0 bridgehead atoms. The fraction of sp³-hybridized carbons (Fsp3) is 0.353. The molecule has 24 heavy (non-hydrogen) atoms. The standard InChI is InChI=1S/C17H20N2O4S/c1-2-22-17-6-4-15(12-18-17)24(20,21)19-9-7-13-3-5-16-14(11-13)8-10-23-16/h3-6,11-12,19H,2,7-10H2,1H3. The van der Waals surface area contributed by atoms with Crippen LogP contribution in [0.25, 0.3) is 0 Å². The van der Waals surface area contributed by atoms with Gasteiger partial charge in [-0.05, 0) is 36.6 Å². The number of rotatable bonds is 7. The van der Waals surface area contributed by atoms with Gasteiger partial charge in [0.1, 0.15) is 10.6 Å². The Morgan fingerprint density at radius 1 is 1.29 bits per heavy atom. The minimum absolute atomic E-state index is 0.133. The van der Waals surface area contributed by atoms with Gasteiger partial charge in [0.15, 0.2) is 0 Å². The number of nitrogens with zero attached hydrogens (tertiary/aromatic N) is 1. The molecular weight excluding hydrogens is 328 g/mol. The predicted molar refractivity (Wildman–Crippen MR) is 89.9 cm³/mol. The van der Waals surface area contributed by atoms with Gasteiger partial charge in [-0.2, -0.15) is 0 Å². The van der Waals surface area contributed by atoms with Crippen LogP contribution in [0.3, 0.4) is 0 Å². The van der Waals surface area contributed by atoms with Crippen molar-refractivity contribution >= 4 is 10.0 Å². The van der Waals surface area contributed by atoms with E-state index in [9.17, 15) is 8.42 Å². The van der Waals surface area contributed by atoms with Crippen LogP contribution < -0.4 is 14.2 Å². The predicted octanol–water partition coefficient (Wildman–Crippen LogP) is 1.94. The molecule has 2 aromatic rings. The Balaban J connectivity index is 1.58. The van der Waals surface area contributed by atoms with Gasteiger partial charge in [-0.1, -0.05) is 12.1 Å². The Kier molecular flexibility index (Phi) is 5.01. The van der Waals surface area contributed by atoms with Crippen LogP contribution in [0.4, 0.5) is 0 Å². The number of pyridine rings is 1. The highest BCUT2D eigenvalue weighted by Gasteiger charge is 2.15. The summed E-state index contributed by atoms with van der Waals surface area (Å²) in [6.45, 7) is 3.38. The average molecular weight is 348 g/mol. The molecule has 128 valence electrons. The first kappa shape index (κ1) is 16.7. The first-order chi connectivity index (χ1) is 11.6. The summed E-state index contributed by atoms with van der Waals surface area (Å²) in [5.41, 5.74) is 2.28. The summed E-state index contributed by atoms with van der Waals surface area (Å²) < 4.78 is 37.8. The van der Waals surface area contributed by atoms with Crippen molar-refractivity contribution in [3.63, 3.8) is 0 Å². The molecule has 0 amide bonds. The average Bonchev–Trinajstić information content (AvgIpc) is 3.03. The Hall–Kier alpha value is -2.12. The number of sulfonamides is 1. The summed E-state index contributed by atoms with van der Waals surface area (Å²) in [5, 5.41) is 0. The summed E-state index contributed by atoms with van der Waals surface area (Å²) >= 11 is 0. The zero-order chi connectivity index (χ0) is 17.0. The highest BCUT2D eigenvalue weighted by atomic mass is 32.2. The zero-order valence-electron chi connectivity index (χ0n) is 13.5. The van der Waals surface area contributed by atoms with E-state index in [0.29, 0.717) is 25.5 Å². The monoisotopic (exact) mass is 348 g/mol. The van der Waals surface area contributed by atoms with Crippen molar-refractivity contribution in [3.8, 4) is 11.6 Å². The second-order valence-electron chi connectivity index (χ2n) is 5.45. The highest BCUT2D eigenvalue weighted by molar-refractivity contribution is 7.89. The summed E-state index contributed by atoms with van der Waals surface area (Å²) in [6.07, 6.45) is 2.84. The molecule has 2 heterocycles. The lowest BCUT2D eigenvalue weighted by Crippen LogP contribution is -2.26. The van der Waals surface area contributed by atoms with E-state index in [2.05, 4.69) is 15.8 Å². The van der Waals surface area contributed by atoms with Crippen LogP contribution in [-0.2, 0) is 22.9 Å². The lowest BCUT2D eigenvalue weighted by Gasteiger charge is -2.08. The highest BCUT2D eigenvalue weighted by Crippen LogP contribution is 2.25. The minimum atomic E-state index is -3.57. The Morgan fingerprint density at radius 2 is 2.17 bits per heavy atom. The lowest BCUT2D eigenvalue weighted by molar-refractivity contribution is 0.326. The molecule has 1 aromatic heterocycles. The molecule has 0 fully saturated rings. The van der Waals surface area contributed by atoms with Gasteiger partial charge >= 0.3 is 0 Å². The third-order valence-electron chi connectivity index (χ3n) is 3.77. The zero-order valence-corrected chi connectivity index (χ0v) is 14.3. The lowest BCUT2D eigenvalue weighted by atomic mass is 10.1. The van der Waals surface area contributed by atoms with Gasteiger partial charge in [0.25, 0.3) is 0 Å². The molecule has 3 rings (SSSR count). The van der Waals surface area contributed by atoms with Gasteiger partial charge < -0.3 is 9.47 Å². The molecule has 0 saturated carbocycles. The van der Waals surface area contributed by atoms with Gasteiger partial charge in [-0.15, -0.1) is 0 Å². The number of ether oxygens (including phenoxy) is 2. The van der Waals surface area contributed by atoms with Gasteiger partial charge in [0, 0.05) is 19.0 Å². The van der Waals surface area contributed by atoms with Gasteiger partial charge in [-0.3, -0.25) is 0 Å². The second kappa shape index (κ2) is 7.19. The van der Waals surface area contributed by atoms with Crippen LogP contribution >= 0.6 is 0 Å². The summed E-state index contributed by atoms with van der Waals surface area (Å²) in [5.74, 6) is 1.34. The maximum absolute atomic E-state index is 12.3. The molecule has 0 spiro atoms. The molecule has 6 nitrogen and oxygen atoms in total. The maximum Gasteiger partial charge on any atom is 0.242 e. The fourth-order valence-corrected chi connectivity index (χ4v) is 3.54. The molecule has 1 N–H and O–H groups in total. The molecule has 0 atom stereocenters. The molecule has 7 heteroatoms. The first-order valence-electron chi connectivity index (χ1n) is 7.91. The molecule has 0 aliphatic carbocycles. The molecule has 0 radical (unpaired) electrons. The van der Waals surface area contributed by atoms with Crippen LogP contribution in [0, 0.1) is 0 Å². The van der Waals surface area contributed by atoms with Crippen molar-refractivity contribution in [2.45, 2.75) is 24.7 Å². The Bertz CT molecular complexity index is 804. The normalized spacial score (nSPS) is 13.4. The van der Waals surface area contributed by atoms with Crippen molar-refractivity contribution in [2.75, 3.05) is 19.8 Å². The molecule has 0 saturated heterocycles. The molecule has 0 unspecified atom stereocenters. The van der Waals surface area contributed by atoms with E-state index in [1.807, 2.05) is 19.1 Å². The van der Waals surface area contributed by atoms with Gasteiger partial charge in [0.05, 0.1) is 19.4 Å².